The zero-order chi connectivity index (χ0) is 12.7. The van der Waals surface area contributed by atoms with Crippen molar-refractivity contribution in [2.75, 3.05) is 6.61 Å². The van der Waals surface area contributed by atoms with E-state index in [4.69, 9.17) is 4.74 Å². The molecule has 0 fully saturated rings. The van der Waals surface area contributed by atoms with E-state index in [2.05, 4.69) is 47.7 Å². The molecule has 17 heavy (non-hydrogen) atoms. The van der Waals surface area contributed by atoms with Gasteiger partial charge in [0.05, 0.1) is 6.61 Å². The number of hydrogen-bond donors (Lipinski definition) is 0. The maximum atomic E-state index is 5.75. The molecule has 1 aromatic rings. The highest BCUT2D eigenvalue weighted by Gasteiger charge is 2.07. The second-order valence-electron chi connectivity index (χ2n) is 4.10. The quantitative estimate of drug-likeness (QED) is 0.730. The van der Waals surface area contributed by atoms with Crippen LogP contribution in [0.5, 0.6) is 5.75 Å². The Hall–Kier alpha value is -0.940. The molecule has 0 heterocycles. The highest BCUT2D eigenvalue weighted by atomic mass is 79.9. The summed E-state index contributed by atoms with van der Waals surface area (Å²) in [5.41, 5.74) is 1.23. The largest absolute Gasteiger partial charge is 0.493 e. The van der Waals surface area contributed by atoms with Crippen molar-refractivity contribution in [3.63, 3.8) is 0 Å². The van der Waals surface area contributed by atoms with Gasteiger partial charge in [-0.05, 0) is 43.5 Å². The minimum Gasteiger partial charge on any atom is -0.493 e. The van der Waals surface area contributed by atoms with Gasteiger partial charge in [-0.2, -0.15) is 0 Å². The Labute approximate surface area is 113 Å². The van der Waals surface area contributed by atoms with Crippen LogP contribution in [0.15, 0.2) is 22.7 Å². The third kappa shape index (κ3) is 4.83. The van der Waals surface area contributed by atoms with Crippen molar-refractivity contribution in [1.82, 2.24) is 0 Å². The average Bonchev–Trinajstić information content (AvgIpc) is 2.28. The van der Waals surface area contributed by atoms with Crippen molar-refractivity contribution < 1.29 is 4.74 Å². The standard InChI is InChI=1S/C15H19BrO/c1-4-6-12(3)10-13-11-14(16)7-8-15(13)17-9-5-2/h7-8,11-12H,5,9-10H2,1-3H3. The van der Waals surface area contributed by atoms with Gasteiger partial charge in [0, 0.05) is 10.4 Å². The van der Waals surface area contributed by atoms with Gasteiger partial charge in [0.15, 0.2) is 0 Å². The van der Waals surface area contributed by atoms with Gasteiger partial charge in [-0.3, -0.25) is 0 Å². The summed E-state index contributed by atoms with van der Waals surface area (Å²) in [5, 5.41) is 0. The molecule has 1 rings (SSSR count). The maximum absolute atomic E-state index is 5.75. The van der Waals surface area contributed by atoms with Gasteiger partial charge >= 0.3 is 0 Å². The van der Waals surface area contributed by atoms with Gasteiger partial charge < -0.3 is 4.74 Å². The van der Waals surface area contributed by atoms with Crippen molar-refractivity contribution in [2.24, 2.45) is 5.92 Å². The minimum atomic E-state index is 0.360. The maximum Gasteiger partial charge on any atom is 0.122 e. The molecule has 92 valence electrons. The molecule has 0 N–H and O–H groups in total. The molecule has 0 saturated carbocycles. The summed E-state index contributed by atoms with van der Waals surface area (Å²) in [6.45, 7) is 6.90. The van der Waals surface area contributed by atoms with Crippen LogP contribution in [0.2, 0.25) is 0 Å². The van der Waals surface area contributed by atoms with Gasteiger partial charge in [-0.25, -0.2) is 0 Å². The second-order valence-corrected chi connectivity index (χ2v) is 5.02. The van der Waals surface area contributed by atoms with Crippen LogP contribution in [0.3, 0.4) is 0 Å². The third-order valence-electron chi connectivity index (χ3n) is 2.40. The second kappa shape index (κ2) is 7.40. The molecular weight excluding hydrogens is 276 g/mol. The minimum absolute atomic E-state index is 0.360. The summed E-state index contributed by atoms with van der Waals surface area (Å²) >= 11 is 3.50. The summed E-state index contributed by atoms with van der Waals surface area (Å²) in [6, 6.07) is 6.17. The van der Waals surface area contributed by atoms with E-state index in [1.165, 1.54) is 5.56 Å². The summed E-state index contributed by atoms with van der Waals surface area (Å²) in [7, 11) is 0. The van der Waals surface area contributed by atoms with Crippen LogP contribution in [0.1, 0.15) is 32.8 Å². The summed E-state index contributed by atoms with van der Waals surface area (Å²) < 4.78 is 6.84. The number of ether oxygens (including phenoxy) is 1. The lowest BCUT2D eigenvalue weighted by atomic mass is 10.0. The molecule has 1 unspecified atom stereocenters. The van der Waals surface area contributed by atoms with Crippen LogP contribution in [0.25, 0.3) is 0 Å². The predicted octanol–water partition coefficient (Wildman–Crippen LogP) is 4.44. The molecule has 2 heteroatoms. The number of hydrogen-bond acceptors (Lipinski definition) is 1. The van der Waals surface area contributed by atoms with Crippen LogP contribution in [-0.2, 0) is 6.42 Å². The first-order valence-corrected chi connectivity index (χ1v) is 6.80. The molecule has 1 atom stereocenters. The van der Waals surface area contributed by atoms with Gasteiger partial charge in [-0.1, -0.05) is 29.8 Å². The highest BCUT2D eigenvalue weighted by Crippen LogP contribution is 2.25. The molecule has 0 aromatic heterocycles. The average molecular weight is 295 g/mol. The molecule has 0 spiro atoms. The SMILES string of the molecule is CC#CC(C)Cc1cc(Br)ccc1OCCC. The van der Waals surface area contributed by atoms with Crippen molar-refractivity contribution in [3.8, 4) is 17.6 Å². The van der Waals surface area contributed by atoms with Gasteiger partial charge in [-0.15, -0.1) is 11.8 Å². The van der Waals surface area contributed by atoms with Gasteiger partial charge in [0.1, 0.15) is 5.75 Å². The van der Waals surface area contributed by atoms with E-state index in [0.29, 0.717) is 5.92 Å². The van der Waals surface area contributed by atoms with Gasteiger partial charge in [0.25, 0.3) is 0 Å². The molecule has 0 aliphatic heterocycles. The number of rotatable bonds is 5. The Kier molecular flexibility index (Phi) is 6.15. The van der Waals surface area contributed by atoms with E-state index in [1.54, 1.807) is 0 Å². The van der Waals surface area contributed by atoms with E-state index >= 15 is 0 Å². The van der Waals surface area contributed by atoms with E-state index in [0.717, 1.165) is 29.7 Å². The monoisotopic (exact) mass is 294 g/mol. The Morgan fingerprint density at radius 2 is 2.18 bits per heavy atom. The first kappa shape index (κ1) is 14.1. The molecule has 0 aliphatic rings. The normalized spacial score (nSPS) is 11.5. The lowest BCUT2D eigenvalue weighted by Crippen LogP contribution is -2.02. The smallest absolute Gasteiger partial charge is 0.122 e. The Morgan fingerprint density at radius 1 is 1.41 bits per heavy atom. The fourth-order valence-electron chi connectivity index (χ4n) is 1.69. The lowest BCUT2D eigenvalue weighted by Gasteiger charge is -2.12. The number of halogens is 1. The number of benzene rings is 1. The van der Waals surface area contributed by atoms with Crippen LogP contribution < -0.4 is 4.74 Å². The highest BCUT2D eigenvalue weighted by molar-refractivity contribution is 9.10. The molecule has 0 saturated heterocycles. The Balaban J connectivity index is 2.85. The van der Waals surface area contributed by atoms with E-state index < -0.39 is 0 Å². The van der Waals surface area contributed by atoms with E-state index in [9.17, 15) is 0 Å². The van der Waals surface area contributed by atoms with Crippen LogP contribution in [-0.4, -0.2) is 6.61 Å². The van der Waals surface area contributed by atoms with Crippen molar-refractivity contribution in [1.29, 1.82) is 0 Å². The summed E-state index contributed by atoms with van der Waals surface area (Å²) in [6.07, 6.45) is 1.96. The topological polar surface area (TPSA) is 9.23 Å². The molecule has 1 nitrogen and oxygen atoms in total. The van der Waals surface area contributed by atoms with Gasteiger partial charge in [0.2, 0.25) is 0 Å². The zero-order valence-corrected chi connectivity index (χ0v) is 12.3. The zero-order valence-electron chi connectivity index (χ0n) is 10.7. The molecule has 1 aromatic carbocycles. The fourth-order valence-corrected chi connectivity index (χ4v) is 2.10. The molecule has 0 radical (unpaired) electrons. The third-order valence-corrected chi connectivity index (χ3v) is 2.89. The first-order chi connectivity index (χ1) is 8.17. The van der Waals surface area contributed by atoms with Crippen LogP contribution in [0.4, 0.5) is 0 Å². The predicted molar refractivity (Wildman–Crippen MR) is 76.2 cm³/mol. The molecule has 0 bridgehead atoms. The molecular formula is C15H19BrO. The Bertz CT molecular complexity index is 415. The Morgan fingerprint density at radius 3 is 2.82 bits per heavy atom. The van der Waals surface area contributed by atoms with Crippen molar-refractivity contribution >= 4 is 15.9 Å². The van der Waals surface area contributed by atoms with E-state index in [1.807, 2.05) is 19.1 Å². The van der Waals surface area contributed by atoms with Crippen molar-refractivity contribution in [3.05, 3.63) is 28.2 Å². The van der Waals surface area contributed by atoms with Crippen LogP contribution >= 0.6 is 15.9 Å². The van der Waals surface area contributed by atoms with E-state index in [-0.39, 0.29) is 0 Å². The first-order valence-electron chi connectivity index (χ1n) is 6.00. The molecule has 0 aliphatic carbocycles. The summed E-state index contributed by atoms with van der Waals surface area (Å²) in [4.78, 5) is 0. The fraction of sp³-hybridized carbons (Fsp3) is 0.467. The van der Waals surface area contributed by atoms with Crippen LogP contribution in [0, 0.1) is 17.8 Å². The summed E-state index contributed by atoms with van der Waals surface area (Å²) in [5.74, 6) is 7.48. The van der Waals surface area contributed by atoms with Crippen molar-refractivity contribution in [2.45, 2.75) is 33.6 Å². The lowest BCUT2D eigenvalue weighted by molar-refractivity contribution is 0.313. The molecule has 0 amide bonds.